The lowest BCUT2D eigenvalue weighted by Gasteiger charge is -2.06. The zero-order chi connectivity index (χ0) is 16.4. The van der Waals surface area contributed by atoms with E-state index in [1.54, 1.807) is 36.4 Å². The van der Waals surface area contributed by atoms with Gasteiger partial charge in [0.2, 0.25) is 0 Å². The molecular formula is C17H13ClN2O3. The molecule has 1 heterocycles. The van der Waals surface area contributed by atoms with Crippen LogP contribution >= 0.6 is 11.6 Å². The first-order valence-corrected chi connectivity index (χ1v) is 7.24. The van der Waals surface area contributed by atoms with E-state index in [1.165, 1.54) is 12.1 Å². The summed E-state index contributed by atoms with van der Waals surface area (Å²) in [5, 5.41) is 16.7. The fraction of sp³-hybridized carbons (Fsp3) is 0.0588. The topological polar surface area (TPSA) is 75.4 Å². The molecule has 0 fully saturated rings. The van der Waals surface area contributed by atoms with E-state index in [1.807, 2.05) is 6.92 Å². The van der Waals surface area contributed by atoms with Gasteiger partial charge in [-0.15, -0.1) is 0 Å². The lowest BCUT2D eigenvalue weighted by Crippen LogP contribution is -2.12. The van der Waals surface area contributed by atoms with Crippen LogP contribution in [0.25, 0.3) is 11.3 Å². The number of aromatic hydroxyl groups is 1. The molecule has 3 aromatic rings. The molecule has 0 aliphatic heterocycles. The van der Waals surface area contributed by atoms with Gasteiger partial charge in [0.15, 0.2) is 11.5 Å². The van der Waals surface area contributed by atoms with Crippen molar-refractivity contribution in [1.82, 2.24) is 5.16 Å². The van der Waals surface area contributed by atoms with Crippen LogP contribution in [0.15, 0.2) is 53.1 Å². The molecule has 0 unspecified atom stereocenters. The van der Waals surface area contributed by atoms with Crippen LogP contribution in [0, 0.1) is 6.92 Å². The number of carbonyl (C=O) groups is 1. The van der Waals surface area contributed by atoms with Crippen molar-refractivity contribution >= 4 is 23.2 Å². The number of hydrogen-bond donors (Lipinski definition) is 2. The van der Waals surface area contributed by atoms with Crippen LogP contribution in [0.4, 0.5) is 5.69 Å². The summed E-state index contributed by atoms with van der Waals surface area (Å²) in [6.45, 7) is 1.86. The van der Waals surface area contributed by atoms with E-state index in [0.29, 0.717) is 16.5 Å². The smallest absolute Gasteiger partial charge is 0.277 e. The first-order valence-electron chi connectivity index (χ1n) is 6.86. The molecule has 5 nitrogen and oxygen atoms in total. The van der Waals surface area contributed by atoms with Gasteiger partial charge in [0, 0.05) is 16.7 Å². The highest BCUT2D eigenvalue weighted by Gasteiger charge is 2.15. The van der Waals surface area contributed by atoms with Crippen molar-refractivity contribution in [3.63, 3.8) is 0 Å². The van der Waals surface area contributed by atoms with Crippen LogP contribution in [0.3, 0.4) is 0 Å². The minimum Gasteiger partial charge on any atom is -0.506 e. The molecule has 6 heteroatoms. The molecule has 1 amide bonds. The number of aromatic nitrogens is 1. The van der Waals surface area contributed by atoms with E-state index in [9.17, 15) is 9.90 Å². The van der Waals surface area contributed by atoms with E-state index in [2.05, 4.69) is 10.5 Å². The van der Waals surface area contributed by atoms with Crippen LogP contribution in [-0.2, 0) is 0 Å². The summed E-state index contributed by atoms with van der Waals surface area (Å²) in [7, 11) is 0. The molecule has 116 valence electrons. The molecule has 2 N–H and O–H groups in total. The maximum absolute atomic E-state index is 12.2. The maximum atomic E-state index is 12.2. The van der Waals surface area contributed by atoms with Crippen molar-refractivity contribution in [2.24, 2.45) is 0 Å². The second-order valence-electron chi connectivity index (χ2n) is 5.06. The van der Waals surface area contributed by atoms with Crippen molar-refractivity contribution in [3.8, 4) is 17.1 Å². The van der Waals surface area contributed by atoms with E-state index >= 15 is 0 Å². The van der Waals surface area contributed by atoms with Crippen molar-refractivity contribution in [2.75, 3.05) is 5.32 Å². The normalized spacial score (nSPS) is 10.5. The quantitative estimate of drug-likeness (QED) is 0.704. The highest BCUT2D eigenvalue weighted by molar-refractivity contribution is 6.30. The third kappa shape index (κ3) is 3.35. The number of aryl methyl sites for hydroxylation is 1. The van der Waals surface area contributed by atoms with E-state index in [-0.39, 0.29) is 11.4 Å². The summed E-state index contributed by atoms with van der Waals surface area (Å²) in [4.78, 5) is 12.2. The molecule has 0 radical (unpaired) electrons. The summed E-state index contributed by atoms with van der Waals surface area (Å²) in [6.07, 6.45) is 0. The number of anilines is 1. The van der Waals surface area contributed by atoms with Crippen LogP contribution < -0.4 is 5.32 Å². The number of phenolic OH excluding ortho intramolecular Hbond substituents is 1. The second kappa shape index (κ2) is 6.14. The van der Waals surface area contributed by atoms with Gasteiger partial charge in [-0.2, -0.15) is 0 Å². The zero-order valence-electron chi connectivity index (χ0n) is 12.2. The monoisotopic (exact) mass is 328 g/mol. The Morgan fingerprint density at radius 2 is 2.04 bits per heavy atom. The minimum absolute atomic E-state index is 0.0116. The van der Waals surface area contributed by atoms with Crippen molar-refractivity contribution in [2.45, 2.75) is 6.92 Å². The Bertz CT molecular complexity index is 874. The summed E-state index contributed by atoms with van der Waals surface area (Å²) in [6, 6.07) is 13.5. The first kappa shape index (κ1) is 15.1. The van der Waals surface area contributed by atoms with E-state index < -0.39 is 5.91 Å². The molecule has 3 rings (SSSR count). The third-order valence-electron chi connectivity index (χ3n) is 3.25. The number of nitrogens with one attached hydrogen (secondary N) is 1. The number of phenols is 1. The average Bonchev–Trinajstić information content (AvgIpc) is 3.01. The molecular weight excluding hydrogens is 316 g/mol. The lowest BCUT2D eigenvalue weighted by atomic mass is 10.1. The molecule has 23 heavy (non-hydrogen) atoms. The summed E-state index contributed by atoms with van der Waals surface area (Å²) >= 11 is 5.93. The lowest BCUT2D eigenvalue weighted by molar-refractivity contribution is 0.101. The SMILES string of the molecule is Cc1ccc(O)c(NC(=O)c2cc(-c3cccc(Cl)c3)on2)c1. The Hall–Kier alpha value is -2.79. The molecule has 0 atom stereocenters. The molecule has 0 aliphatic rings. The van der Waals surface area contributed by atoms with Gasteiger partial charge in [-0.3, -0.25) is 4.79 Å². The fourth-order valence-corrected chi connectivity index (χ4v) is 2.29. The van der Waals surface area contributed by atoms with E-state index in [4.69, 9.17) is 16.1 Å². The first-order chi connectivity index (χ1) is 11.0. The van der Waals surface area contributed by atoms with Gasteiger partial charge >= 0.3 is 0 Å². The molecule has 0 aliphatic carbocycles. The van der Waals surface area contributed by atoms with Crippen LogP contribution in [0.1, 0.15) is 16.1 Å². The zero-order valence-corrected chi connectivity index (χ0v) is 13.0. The molecule has 2 aromatic carbocycles. The number of carbonyl (C=O) groups excluding carboxylic acids is 1. The second-order valence-corrected chi connectivity index (χ2v) is 5.50. The van der Waals surface area contributed by atoms with Gasteiger partial charge in [-0.05, 0) is 36.8 Å². The van der Waals surface area contributed by atoms with Crippen LogP contribution in [0.2, 0.25) is 5.02 Å². The van der Waals surface area contributed by atoms with Gasteiger partial charge in [-0.1, -0.05) is 35.0 Å². The Morgan fingerprint density at radius 3 is 2.83 bits per heavy atom. The molecule has 0 bridgehead atoms. The van der Waals surface area contributed by atoms with Gasteiger partial charge in [0.1, 0.15) is 5.75 Å². The number of halogens is 1. The molecule has 0 spiro atoms. The Labute approximate surface area is 137 Å². The maximum Gasteiger partial charge on any atom is 0.277 e. The number of amides is 1. The molecule has 0 saturated heterocycles. The third-order valence-corrected chi connectivity index (χ3v) is 3.49. The van der Waals surface area contributed by atoms with Crippen molar-refractivity contribution < 1.29 is 14.4 Å². The van der Waals surface area contributed by atoms with Crippen LogP contribution in [0.5, 0.6) is 5.75 Å². The largest absolute Gasteiger partial charge is 0.506 e. The highest BCUT2D eigenvalue weighted by atomic mass is 35.5. The summed E-state index contributed by atoms with van der Waals surface area (Å²) < 4.78 is 5.19. The standard InChI is InChI=1S/C17H13ClN2O3/c1-10-5-6-15(21)13(7-10)19-17(22)14-9-16(23-20-14)11-3-2-4-12(18)8-11/h2-9,21H,1H3,(H,19,22). The fourth-order valence-electron chi connectivity index (χ4n) is 2.10. The Balaban J connectivity index is 1.82. The average molecular weight is 329 g/mol. The molecule has 1 aromatic heterocycles. The summed E-state index contributed by atoms with van der Waals surface area (Å²) in [5.41, 5.74) is 2.07. The van der Waals surface area contributed by atoms with Crippen molar-refractivity contribution in [1.29, 1.82) is 0 Å². The number of hydrogen-bond acceptors (Lipinski definition) is 4. The van der Waals surface area contributed by atoms with Gasteiger partial charge < -0.3 is 14.9 Å². The number of benzene rings is 2. The predicted molar refractivity (Wildman–Crippen MR) is 87.7 cm³/mol. The predicted octanol–water partition coefficient (Wildman–Crippen LogP) is 4.26. The Kier molecular flexibility index (Phi) is 4.04. The number of nitrogens with zero attached hydrogens (tertiary/aromatic N) is 1. The van der Waals surface area contributed by atoms with Gasteiger partial charge in [0.25, 0.3) is 5.91 Å². The number of rotatable bonds is 3. The minimum atomic E-state index is -0.470. The highest BCUT2D eigenvalue weighted by Crippen LogP contribution is 2.26. The molecule has 0 saturated carbocycles. The van der Waals surface area contributed by atoms with Crippen LogP contribution in [-0.4, -0.2) is 16.2 Å². The van der Waals surface area contributed by atoms with Gasteiger partial charge in [0.05, 0.1) is 5.69 Å². The summed E-state index contributed by atoms with van der Waals surface area (Å²) in [5.74, 6) is -0.0449. The van der Waals surface area contributed by atoms with E-state index in [0.717, 1.165) is 11.1 Å². The van der Waals surface area contributed by atoms with Crippen molar-refractivity contribution in [3.05, 3.63) is 64.8 Å². The Morgan fingerprint density at radius 1 is 1.22 bits per heavy atom. The van der Waals surface area contributed by atoms with Gasteiger partial charge in [-0.25, -0.2) is 0 Å².